The van der Waals surface area contributed by atoms with Gasteiger partial charge in [-0.15, -0.1) is 0 Å². The Morgan fingerprint density at radius 1 is 1.35 bits per heavy atom. The Labute approximate surface area is 168 Å². The maximum Gasteiger partial charge on any atom is 0.350 e. The van der Waals surface area contributed by atoms with Gasteiger partial charge >= 0.3 is 5.63 Å². The number of piperidine rings is 1. The number of ketones is 1. The maximum absolute atomic E-state index is 12.7. The number of phenolic OH excluding ortho intramolecular Hbond substituents is 1. The van der Waals surface area contributed by atoms with Crippen molar-refractivity contribution in [2.24, 2.45) is 0 Å². The fraction of sp³-hybridized carbons (Fsp3) is 0.389. The highest BCUT2D eigenvalue weighted by molar-refractivity contribution is 9.10. The van der Waals surface area contributed by atoms with E-state index in [1.807, 2.05) is 0 Å². The highest BCUT2D eigenvalue weighted by Gasteiger charge is 2.22. The fourth-order valence-corrected chi connectivity index (χ4v) is 4.44. The SMILES string of the molecule is Cc1c(Br)c(=O)oc2c(C(=O)CSC(=S)N3CCCCC3)c(O)ccc12. The van der Waals surface area contributed by atoms with Crippen molar-refractivity contribution < 1.29 is 14.3 Å². The standard InChI is InChI=1S/C18H18BrNO4S2/c1-10-11-5-6-12(21)14(16(11)24-17(23)15(10)19)13(22)9-26-18(25)20-7-3-2-4-8-20/h5-6,21H,2-4,7-9H2,1H3. The normalized spacial score (nSPS) is 14.6. The first-order chi connectivity index (χ1) is 12.4. The van der Waals surface area contributed by atoms with Crippen LogP contribution in [-0.2, 0) is 0 Å². The molecule has 1 aliphatic heterocycles. The number of thioether (sulfide) groups is 1. The summed E-state index contributed by atoms with van der Waals surface area (Å²) in [5.41, 5.74) is 0.238. The number of nitrogens with zero attached hydrogens (tertiary/aromatic N) is 1. The number of aryl methyl sites for hydroxylation is 1. The van der Waals surface area contributed by atoms with Crippen LogP contribution in [0.2, 0.25) is 0 Å². The van der Waals surface area contributed by atoms with Crippen LogP contribution in [0.1, 0.15) is 35.2 Å². The zero-order chi connectivity index (χ0) is 18.8. The summed E-state index contributed by atoms with van der Waals surface area (Å²) in [6, 6.07) is 3.08. The summed E-state index contributed by atoms with van der Waals surface area (Å²) in [6.45, 7) is 3.60. The van der Waals surface area contributed by atoms with E-state index in [1.54, 1.807) is 13.0 Å². The van der Waals surface area contributed by atoms with Gasteiger partial charge in [-0.05, 0) is 59.8 Å². The summed E-state index contributed by atoms with van der Waals surface area (Å²) < 4.78 is 6.30. The number of carbonyl (C=O) groups excluding carboxylic acids is 1. The van der Waals surface area contributed by atoms with E-state index in [9.17, 15) is 14.7 Å². The van der Waals surface area contributed by atoms with Crippen LogP contribution in [-0.4, -0.2) is 39.0 Å². The Bertz CT molecular complexity index is 935. The molecule has 8 heteroatoms. The molecule has 138 valence electrons. The molecule has 5 nitrogen and oxygen atoms in total. The molecule has 0 radical (unpaired) electrons. The average Bonchev–Trinajstić information content (AvgIpc) is 2.64. The predicted octanol–water partition coefficient (Wildman–Crippen LogP) is 4.26. The molecule has 1 aliphatic rings. The third-order valence-electron chi connectivity index (χ3n) is 4.46. The van der Waals surface area contributed by atoms with E-state index in [2.05, 4.69) is 20.8 Å². The van der Waals surface area contributed by atoms with E-state index >= 15 is 0 Å². The van der Waals surface area contributed by atoms with E-state index in [-0.39, 0.29) is 28.4 Å². The monoisotopic (exact) mass is 455 g/mol. The third kappa shape index (κ3) is 3.82. The lowest BCUT2D eigenvalue weighted by molar-refractivity contribution is 0.102. The highest BCUT2D eigenvalue weighted by Crippen LogP contribution is 2.32. The van der Waals surface area contributed by atoms with Crippen LogP contribution in [0.15, 0.2) is 25.8 Å². The van der Waals surface area contributed by atoms with Gasteiger partial charge in [0.25, 0.3) is 0 Å². The molecule has 2 aromatic rings. The molecular weight excluding hydrogens is 438 g/mol. The molecule has 1 fully saturated rings. The Kier molecular flexibility index (Phi) is 6.04. The molecule has 0 unspecified atom stereocenters. The smallest absolute Gasteiger partial charge is 0.350 e. The molecule has 3 rings (SSSR count). The first kappa shape index (κ1) is 19.4. The maximum atomic E-state index is 12.7. The first-order valence-corrected chi connectivity index (χ1v) is 10.5. The lowest BCUT2D eigenvalue weighted by atomic mass is 10.0. The number of rotatable bonds is 3. The quantitative estimate of drug-likeness (QED) is 0.421. The summed E-state index contributed by atoms with van der Waals surface area (Å²) in [6.07, 6.45) is 3.43. The van der Waals surface area contributed by atoms with Crippen molar-refractivity contribution in [1.29, 1.82) is 0 Å². The van der Waals surface area contributed by atoms with Crippen LogP contribution in [0.5, 0.6) is 5.75 Å². The molecule has 0 aliphatic carbocycles. The van der Waals surface area contributed by atoms with E-state index in [1.165, 1.54) is 24.2 Å². The zero-order valence-corrected chi connectivity index (χ0v) is 17.4. The summed E-state index contributed by atoms with van der Waals surface area (Å²) in [5.74, 6) is -0.430. The molecule has 0 spiro atoms. The van der Waals surface area contributed by atoms with Crippen molar-refractivity contribution in [1.82, 2.24) is 4.90 Å². The van der Waals surface area contributed by atoms with Crippen LogP contribution in [0.3, 0.4) is 0 Å². The number of likely N-dealkylation sites (tertiary alicyclic amines) is 1. The molecule has 0 saturated carbocycles. The van der Waals surface area contributed by atoms with Crippen LogP contribution in [0.25, 0.3) is 11.0 Å². The number of fused-ring (bicyclic) bond motifs is 1. The minimum Gasteiger partial charge on any atom is -0.507 e. The number of thiocarbonyl (C=S) groups is 1. The van der Waals surface area contributed by atoms with E-state index in [0.717, 1.165) is 25.9 Å². The topological polar surface area (TPSA) is 70.8 Å². The van der Waals surface area contributed by atoms with E-state index < -0.39 is 5.63 Å². The number of Topliss-reactive ketones (excluding diaryl/α,β-unsaturated/α-hetero) is 1. The third-order valence-corrected chi connectivity index (χ3v) is 6.90. The second kappa shape index (κ2) is 8.10. The largest absolute Gasteiger partial charge is 0.507 e. The van der Waals surface area contributed by atoms with Gasteiger partial charge in [0.15, 0.2) is 11.4 Å². The molecule has 0 amide bonds. The van der Waals surface area contributed by atoms with Gasteiger partial charge < -0.3 is 14.4 Å². The summed E-state index contributed by atoms with van der Waals surface area (Å²) in [4.78, 5) is 26.8. The number of halogens is 1. The second-order valence-electron chi connectivity index (χ2n) is 6.19. The minimum absolute atomic E-state index is 0.0316. The molecule has 26 heavy (non-hydrogen) atoms. The van der Waals surface area contributed by atoms with Crippen molar-refractivity contribution in [2.75, 3.05) is 18.8 Å². The van der Waals surface area contributed by atoms with Gasteiger partial charge in [0.2, 0.25) is 0 Å². The van der Waals surface area contributed by atoms with Gasteiger partial charge in [-0.25, -0.2) is 4.79 Å². The first-order valence-electron chi connectivity index (χ1n) is 8.30. The summed E-state index contributed by atoms with van der Waals surface area (Å²) >= 11 is 9.90. The van der Waals surface area contributed by atoms with Gasteiger partial charge in [-0.3, -0.25) is 4.79 Å². The number of carbonyl (C=O) groups is 1. The zero-order valence-electron chi connectivity index (χ0n) is 14.2. The van der Waals surface area contributed by atoms with Crippen molar-refractivity contribution >= 4 is 61.0 Å². The molecular formula is C18H18BrNO4S2. The van der Waals surface area contributed by atoms with Crippen LogP contribution in [0.4, 0.5) is 0 Å². The van der Waals surface area contributed by atoms with E-state index in [0.29, 0.717) is 19.7 Å². The molecule has 1 N–H and O–H groups in total. The molecule has 1 saturated heterocycles. The van der Waals surface area contributed by atoms with Gasteiger partial charge in [0.05, 0.1) is 5.75 Å². The number of hydrogen-bond acceptors (Lipinski definition) is 6. The lowest BCUT2D eigenvalue weighted by Crippen LogP contribution is -2.33. The van der Waals surface area contributed by atoms with Crippen LogP contribution >= 0.6 is 39.9 Å². The lowest BCUT2D eigenvalue weighted by Gasteiger charge is -2.28. The van der Waals surface area contributed by atoms with Gasteiger partial charge in [0, 0.05) is 18.5 Å². The highest BCUT2D eigenvalue weighted by atomic mass is 79.9. The van der Waals surface area contributed by atoms with Crippen LogP contribution < -0.4 is 5.63 Å². The van der Waals surface area contributed by atoms with E-state index in [4.69, 9.17) is 16.6 Å². The summed E-state index contributed by atoms with van der Waals surface area (Å²) in [5, 5.41) is 10.8. The minimum atomic E-state index is -0.578. The predicted molar refractivity (Wildman–Crippen MR) is 111 cm³/mol. The molecule has 1 aromatic heterocycles. The van der Waals surface area contributed by atoms with Gasteiger partial charge in [0.1, 0.15) is 20.1 Å². The Morgan fingerprint density at radius 2 is 2.04 bits per heavy atom. The van der Waals surface area contributed by atoms with Crippen LogP contribution in [0, 0.1) is 6.92 Å². The van der Waals surface area contributed by atoms with Crippen molar-refractivity contribution in [3.8, 4) is 5.75 Å². The van der Waals surface area contributed by atoms with Crippen molar-refractivity contribution in [2.45, 2.75) is 26.2 Å². The average molecular weight is 456 g/mol. The number of aromatic hydroxyl groups is 1. The van der Waals surface area contributed by atoms with Gasteiger partial charge in [-0.1, -0.05) is 24.0 Å². The number of hydrogen-bond donors (Lipinski definition) is 1. The molecule has 0 bridgehead atoms. The number of benzene rings is 1. The molecule has 1 aromatic carbocycles. The second-order valence-corrected chi connectivity index (χ2v) is 8.59. The Balaban J connectivity index is 1.87. The summed E-state index contributed by atoms with van der Waals surface area (Å²) in [7, 11) is 0. The van der Waals surface area contributed by atoms with Gasteiger partial charge in [-0.2, -0.15) is 0 Å². The molecule has 0 atom stereocenters. The van der Waals surface area contributed by atoms with Crippen molar-refractivity contribution in [3.05, 3.63) is 38.2 Å². The molecule has 2 heterocycles. The Hall–Kier alpha value is -1.38. The number of phenols is 1. The van der Waals surface area contributed by atoms with Crippen molar-refractivity contribution in [3.63, 3.8) is 0 Å². The fourth-order valence-electron chi connectivity index (χ4n) is 3.02. The Morgan fingerprint density at radius 3 is 2.73 bits per heavy atom.